The van der Waals surface area contributed by atoms with E-state index >= 15 is 0 Å². The third kappa shape index (κ3) is 4.75. The molecule has 2 heteroatoms. The van der Waals surface area contributed by atoms with E-state index in [4.69, 9.17) is 9.47 Å². The second-order valence-corrected chi connectivity index (χ2v) is 8.37. The van der Waals surface area contributed by atoms with E-state index in [1.165, 1.54) is 0 Å². The van der Waals surface area contributed by atoms with Crippen molar-refractivity contribution in [2.75, 3.05) is 6.61 Å². The van der Waals surface area contributed by atoms with Crippen molar-refractivity contribution in [2.45, 2.75) is 86.5 Å². The number of hydrogen-bond acceptors (Lipinski definition) is 2. The van der Waals surface area contributed by atoms with Crippen LogP contribution in [0.1, 0.15) is 68.2 Å². The van der Waals surface area contributed by atoms with Crippen LogP contribution in [-0.4, -0.2) is 24.9 Å². The van der Waals surface area contributed by atoms with Crippen molar-refractivity contribution < 1.29 is 9.47 Å². The Hall–Kier alpha value is -0.0800. The van der Waals surface area contributed by atoms with Crippen LogP contribution in [0.15, 0.2) is 0 Å². The van der Waals surface area contributed by atoms with Crippen molar-refractivity contribution in [3.05, 3.63) is 0 Å². The Morgan fingerprint density at radius 3 is 2.05 bits per heavy atom. The molecule has 0 bridgehead atoms. The summed E-state index contributed by atoms with van der Waals surface area (Å²) in [5.74, 6) is 0.480. The minimum Gasteiger partial charge on any atom is -0.375 e. The van der Waals surface area contributed by atoms with E-state index in [9.17, 15) is 0 Å². The molecule has 1 saturated heterocycles. The Balaban J connectivity index is 2.87. The van der Waals surface area contributed by atoms with Crippen molar-refractivity contribution in [3.8, 4) is 0 Å². The minimum atomic E-state index is 0.211. The first kappa shape index (κ1) is 17.0. The average Bonchev–Trinajstić information content (AvgIpc) is 2.48. The fourth-order valence-corrected chi connectivity index (χ4v) is 3.26. The van der Waals surface area contributed by atoms with Gasteiger partial charge in [-0.1, -0.05) is 48.5 Å². The lowest BCUT2D eigenvalue weighted by Gasteiger charge is -2.37. The number of ether oxygens (including phenoxy) is 2. The Morgan fingerprint density at radius 1 is 1.05 bits per heavy atom. The van der Waals surface area contributed by atoms with Crippen molar-refractivity contribution in [3.63, 3.8) is 0 Å². The molecular formula is C17H34O2. The summed E-state index contributed by atoms with van der Waals surface area (Å²) in [6.45, 7) is 19.0. The molecule has 1 fully saturated rings. The van der Waals surface area contributed by atoms with Gasteiger partial charge in [-0.3, -0.25) is 0 Å². The first-order valence-electron chi connectivity index (χ1n) is 7.83. The molecule has 0 N–H and O–H groups in total. The summed E-state index contributed by atoms with van der Waals surface area (Å²) in [6.07, 6.45) is 2.95. The lowest BCUT2D eigenvalue weighted by atomic mass is 9.71. The largest absolute Gasteiger partial charge is 0.375 e. The predicted octanol–water partition coefficient (Wildman–Crippen LogP) is 4.67. The second-order valence-electron chi connectivity index (χ2n) is 8.37. The molecule has 0 amide bonds. The van der Waals surface area contributed by atoms with E-state index in [0.717, 1.165) is 19.4 Å². The zero-order valence-corrected chi connectivity index (χ0v) is 14.2. The summed E-state index contributed by atoms with van der Waals surface area (Å²) in [7, 11) is 0. The molecule has 1 rings (SSSR count). The predicted molar refractivity (Wildman–Crippen MR) is 81.4 cm³/mol. The van der Waals surface area contributed by atoms with Crippen LogP contribution < -0.4 is 0 Å². The van der Waals surface area contributed by atoms with Gasteiger partial charge in [0.05, 0.1) is 18.3 Å². The molecule has 1 heterocycles. The van der Waals surface area contributed by atoms with Crippen molar-refractivity contribution in [2.24, 2.45) is 16.7 Å². The van der Waals surface area contributed by atoms with E-state index < -0.39 is 0 Å². The summed E-state index contributed by atoms with van der Waals surface area (Å²) in [4.78, 5) is 0. The molecule has 0 aromatic carbocycles. The van der Waals surface area contributed by atoms with Crippen molar-refractivity contribution >= 4 is 0 Å². The smallest absolute Gasteiger partial charge is 0.0891 e. The highest BCUT2D eigenvalue weighted by molar-refractivity contribution is 4.97. The third-order valence-corrected chi connectivity index (χ3v) is 3.93. The molecule has 0 saturated carbocycles. The van der Waals surface area contributed by atoms with Crippen LogP contribution in [0.3, 0.4) is 0 Å². The van der Waals surface area contributed by atoms with Gasteiger partial charge in [0.2, 0.25) is 0 Å². The summed E-state index contributed by atoms with van der Waals surface area (Å²) < 4.78 is 12.4. The van der Waals surface area contributed by atoms with Gasteiger partial charge in [0.15, 0.2) is 0 Å². The van der Waals surface area contributed by atoms with Gasteiger partial charge in [-0.15, -0.1) is 0 Å². The molecular weight excluding hydrogens is 236 g/mol. The third-order valence-electron chi connectivity index (χ3n) is 3.93. The molecule has 0 aliphatic carbocycles. The molecule has 4 atom stereocenters. The van der Waals surface area contributed by atoms with Gasteiger partial charge in [0.25, 0.3) is 0 Å². The lowest BCUT2D eigenvalue weighted by molar-refractivity contribution is -0.0255. The summed E-state index contributed by atoms with van der Waals surface area (Å²) in [5.41, 5.74) is 0.520. The second kappa shape index (κ2) is 6.13. The van der Waals surface area contributed by atoms with Gasteiger partial charge in [-0.05, 0) is 30.6 Å². The minimum absolute atomic E-state index is 0.211. The Bertz CT molecular complexity index is 272. The van der Waals surface area contributed by atoms with Crippen LogP contribution in [0.4, 0.5) is 0 Å². The van der Waals surface area contributed by atoms with Gasteiger partial charge in [-0.2, -0.15) is 0 Å². The summed E-state index contributed by atoms with van der Waals surface area (Å²) >= 11 is 0. The van der Waals surface area contributed by atoms with Gasteiger partial charge in [-0.25, -0.2) is 0 Å². The zero-order chi connectivity index (χ0) is 14.8. The van der Waals surface area contributed by atoms with Crippen LogP contribution >= 0.6 is 0 Å². The van der Waals surface area contributed by atoms with E-state index in [1.54, 1.807) is 0 Å². The normalized spacial score (nSPS) is 32.8. The maximum atomic E-state index is 6.26. The molecule has 19 heavy (non-hydrogen) atoms. The standard InChI is InChI=1S/C17H34O2/c1-9-10-18-15-12(2)19-13(11-16(3,4)5)14(15)17(6,7)8/h12-15H,9-11H2,1-8H3/t12-,13+,14-,15?/m0/s1. The van der Waals surface area contributed by atoms with Gasteiger partial charge < -0.3 is 9.47 Å². The fourth-order valence-electron chi connectivity index (χ4n) is 3.26. The zero-order valence-electron chi connectivity index (χ0n) is 14.2. The molecule has 0 aromatic heterocycles. The first-order chi connectivity index (χ1) is 8.56. The van der Waals surface area contributed by atoms with Crippen LogP contribution in [-0.2, 0) is 9.47 Å². The molecule has 1 unspecified atom stereocenters. The van der Waals surface area contributed by atoms with Crippen LogP contribution in [0, 0.1) is 16.7 Å². The van der Waals surface area contributed by atoms with Crippen LogP contribution in [0.2, 0.25) is 0 Å². The van der Waals surface area contributed by atoms with Crippen LogP contribution in [0.5, 0.6) is 0 Å². The molecule has 2 nitrogen and oxygen atoms in total. The lowest BCUT2D eigenvalue weighted by Crippen LogP contribution is -2.39. The quantitative estimate of drug-likeness (QED) is 0.739. The SMILES string of the molecule is CCCOC1[C@H](C)O[C@H](CC(C)(C)C)[C@@H]1C(C)(C)C. The Kier molecular flexibility index (Phi) is 5.48. The fraction of sp³-hybridized carbons (Fsp3) is 1.00. The van der Waals surface area contributed by atoms with E-state index in [1.807, 2.05) is 0 Å². The molecule has 0 radical (unpaired) electrons. The Labute approximate surface area is 120 Å². The monoisotopic (exact) mass is 270 g/mol. The number of hydrogen-bond donors (Lipinski definition) is 0. The molecule has 1 aliphatic heterocycles. The summed E-state index contributed by atoms with van der Waals surface area (Å²) in [5, 5.41) is 0. The highest BCUT2D eigenvalue weighted by Gasteiger charge is 2.49. The topological polar surface area (TPSA) is 18.5 Å². The molecule has 1 aliphatic rings. The van der Waals surface area contributed by atoms with E-state index in [2.05, 4.69) is 55.4 Å². The summed E-state index contributed by atoms with van der Waals surface area (Å²) in [6, 6.07) is 0. The first-order valence-corrected chi connectivity index (χ1v) is 7.83. The highest BCUT2D eigenvalue weighted by Crippen LogP contribution is 2.45. The Morgan fingerprint density at radius 2 is 1.63 bits per heavy atom. The van der Waals surface area contributed by atoms with Crippen molar-refractivity contribution in [1.29, 1.82) is 0 Å². The van der Waals surface area contributed by atoms with Crippen molar-refractivity contribution in [1.82, 2.24) is 0 Å². The maximum absolute atomic E-state index is 6.26. The van der Waals surface area contributed by atoms with Gasteiger partial charge in [0, 0.05) is 12.5 Å². The van der Waals surface area contributed by atoms with E-state index in [0.29, 0.717) is 17.4 Å². The molecule has 114 valence electrons. The highest BCUT2D eigenvalue weighted by atomic mass is 16.6. The average molecular weight is 270 g/mol. The van der Waals surface area contributed by atoms with Crippen LogP contribution in [0.25, 0.3) is 0 Å². The maximum Gasteiger partial charge on any atom is 0.0891 e. The van der Waals surface area contributed by atoms with Gasteiger partial charge in [0.1, 0.15) is 0 Å². The molecule has 0 aromatic rings. The van der Waals surface area contributed by atoms with Gasteiger partial charge >= 0.3 is 0 Å². The molecule has 0 spiro atoms. The number of rotatable bonds is 4. The van der Waals surface area contributed by atoms with E-state index in [-0.39, 0.29) is 17.6 Å².